The zero-order valence-corrected chi connectivity index (χ0v) is 37.3. The van der Waals surface area contributed by atoms with Crippen LogP contribution in [0.5, 0.6) is 0 Å². The smallest absolute Gasteiger partial charge is 0.0548 e. The Morgan fingerprint density at radius 1 is 0.234 bits per heavy atom. The van der Waals surface area contributed by atoms with Gasteiger partial charge in [0.2, 0.25) is 0 Å². The maximum absolute atomic E-state index is 2.46. The van der Waals surface area contributed by atoms with Crippen LogP contribution in [0.2, 0.25) is 0 Å². The molecular weight excluding hydrogens is 777 g/mol. The van der Waals surface area contributed by atoms with Gasteiger partial charge >= 0.3 is 0 Å². The number of hydrogen-bond acceptors (Lipinski definition) is 2. The third-order valence-electron chi connectivity index (χ3n) is 12.9. The first kappa shape index (κ1) is 39.1. The maximum Gasteiger partial charge on any atom is 0.0548 e. The molecule has 0 unspecified atom stereocenters. The van der Waals surface area contributed by atoms with Crippen LogP contribution in [0.1, 0.15) is 33.4 Å². The lowest BCUT2D eigenvalue weighted by Gasteiger charge is -2.26. The van der Waals surface area contributed by atoms with E-state index in [1.165, 1.54) is 77.0 Å². The summed E-state index contributed by atoms with van der Waals surface area (Å²) in [6.45, 7) is 12.9. The first-order valence-electron chi connectivity index (χ1n) is 22.2. The normalized spacial score (nSPS) is 11.6. The Morgan fingerprint density at radius 3 is 0.750 bits per heavy atom. The van der Waals surface area contributed by atoms with E-state index in [-0.39, 0.29) is 0 Å². The Hall–Kier alpha value is -7.82. The molecule has 11 rings (SSSR count). The minimum absolute atomic E-state index is 1.11. The monoisotopic (exact) mass is 826 g/mol. The Balaban J connectivity index is 1.21. The van der Waals surface area contributed by atoms with Crippen molar-refractivity contribution in [2.24, 2.45) is 0 Å². The summed E-state index contributed by atoms with van der Waals surface area (Å²) >= 11 is 0. The van der Waals surface area contributed by atoms with Gasteiger partial charge in [0.25, 0.3) is 0 Å². The van der Waals surface area contributed by atoms with Gasteiger partial charge in [0.1, 0.15) is 0 Å². The Bertz CT molecular complexity index is 3170. The standard InChI is InChI=1S/C60H50N4/c1-39-7-19-45(20-8-39)61(46-21-9-40(2)10-22-46)51-31-33-57-53(35-51)55-37-60-56(38-59(55)63(57)49-27-15-43(5)16-28-49)54-36-52(32-34-58(54)64(60)50-29-17-44(6)18-30-50)62(47-23-11-41(3)12-24-47)48-25-13-42(4)14-26-48/h7-38H,1-6H3. The molecule has 0 fully saturated rings. The third kappa shape index (κ3) is 6.79. The third-order valence-corrected chi connectivity index (χ3v) is 12.9. The number of aromatic nitrogens is 2. The average Bonchev–Trinajstić information content (AvgIpc) is 3.80. The maximum atomic E-state index is 2.46. The quantitative estimate of drug-likeness (QED) is 0.152. The summed E-state index contributed by atoms with van der Waals surface area (Å²) in [4.78, 5) is 4.76. The largest absolute Gasteiger partial charge is 0.310 e. The molecule has 0 aliphatic carbocycles. The van der Waals surface area contributed by atoms with Crippen LogP contribution in [0.25, 0.3) is 55.0 Å². The van der Waals surface area contributed by atoms with E-state index < -0.39 is 0 Å². The minimum atomic E-state index is 1.11. The molecule has 310 valence electrons. The van der Waals surface area contributed by atoms with E-state index in [1.54, 1.807) is 0 Å². The van der Waals surface area contributed by atoms with Crippen molar-refractivity contribution >= 4 is 77.7 Å². The number of hydrogen-bond donors (Lipinski definition) is 0. The van der Waals surface area contributed by atoms with E-state index in [2.05, 4.69) is 255 Å². The summed E-state index contributed by atoms with van der Waals surface area (Å²) in [5, 5.41) is 4.81. The van der Waals surface area contributed by atoms with Crippen LogP contribution < -0.4 is 9.80 Å². The topological polar surface area (TPSA) is 16.3 Å². The van der Waals surface area contributed by atoms with Crippen LogP contribution in [-0.2, 0) is 0 Å². The van der Waals surface area contributed by atoms with Gasteiger partial charge in [0.05, 0.1) is 22.1 Å². The molecule has 9 aromatic carbocycles. The molecule has 0 aliphatic rings. The molecule has 0 saturated heterocycles. The molecule has 0 bridgehead atoms. The molecule has 0 N–H and O–H groups in total. The molecule has 2 aromatic heterocycles. The van der Waals surface area contributed by atoms with Crippen LogP contribution in [0, 0.1) is 41.5 Å². The van der Waals surface area contributed by atoms with Crippen molar-refractivity contribution in [3.05, 3.63) is 228 Å². The van der Waals surface area contributed by atoms with E-state index in [4.69, 9.17) is 0 Å². The molecule has 0 saturated carbocycles. The van der Waals surface area contributed by atoms with Crippen LogP contribution in [0.3, 0.4) is 0 Å². The summed E-state index contributed by atoms with van der Waals surface area (Å²) in [5.74, 6) is 0. The van der Waals surface area contributed by atoms with E-state index in [0.717, 1.165) is 45.5 Å². The van der Waals surface area contributed by atoms with Crippen LogP contribution in [-0.4, -0.2) is 9.13 Å². The zero-order chi connectivity index (χ0) is 43.6. The molecule has 64 heavy (non-hydrogen) atoms. The lowest BCUT2D eigenvalue weighted by molar-refractivity contribution is 1.17. The van der Waals surface area contributed by atoms with Gasteiger partial charge < -0.3 is 18.9 Å². The summed E-state index contributed by atoms with van der Waals surface area (Å²) in [6, 6.07) is 72.2. The molecule has 0 aliphatic heterocycles. The van der Waals surface area contributed by atoms with Crippen molar-refractivity contribution in [1.82, 2.24) is 9.13 Å². The number of nitrogens with zero attached hydrogens (tertiary/aromatic N) is 4. The molecule has 4 nitrogen and oxygen atoms in total. The molecule has 0 spiro atoms. The molecule has 0 atom stereocenters. The fourth-order valence-corrected chi connectivity index (χ4v) is 9.40. The van der Waals surface area contributed by atoms with Crippen molar-refractivity contribution in [2.45, 2.75) is 41.5 Å². The van der Waals surface area contributed by atoms with Crippen molar-refractivity contribution < 1.29 is 0 Å². The Labute approximate surface area is 375 Å². The van der Waals surface area contributed by atoms with Gasteiger partial charge in [-0.15, -0.1) is 0 Å². The fourth-order valence-electron chi connectivity index (χ4n) is 9.40. The second-order valence-corrected chi connectivity index (χ2v) is 17.6. The lowest BCUT2D eigenvalue weighted by Crippen LogP contribution is -2.10. The molecular formula is C60H50N4. The van der Waals surface area contributed by atoms with Crippen molar-refractivity contribution in [1.29, 1.82) is 0 Å². The molecule has 2 heterocycles. The summed E-state index contributed by atoms with van der Waals surface area (Å²) in [5.41, 5.74) is 21.1. The molecule has 0 amide bonds. The molecule has 11 aromatic rings. The van der Waals surface area contributed by atoms with Crippen LogP contribution in [0.15, 0.2) is 194 Å². The highest BCUT2D eigenvalue weighted by Gasteiger charge is 2.22. The first-order valence-corrected chi connectivity index (χ1v) is 22.2. The predicted octanol–water partition coefficient (Wildman–Crippen LogP) is 16.7. The Morgan fingerprint density at radius 2 is 0.469 bits per heavy atom. The second-order valence-electron chi connectivity index (χ2n) is 17.6. The van der Waals surface area contributed by atoms with Gasteiger partial charge in [-0.1, -0.05) is 106 Å². The number of aryl methyl sites for hydroxylation is 6. The predicted molar refractivity (Wildman–Crippen MR) is 273 cm³/mol. The summed E-state index contributed by atoms with van der Waals surface area (Å²) in [6.07, 6.45) is 0. The zero-order valence-electron chi connectivity index (χ0n) is 37.3. The van der Waals surface area contributed by atoms with Crippen molar-refractivity contribution in [3.63, 3.8) is 0 Å². The second kappa shape index (κ2) is 15.5. The fraction of sp³-hybridized carbons (Fsp3) is 0.100. The minimum Gasteiger partial charge on any atom is -0.310 e. The van der Waals surface area contributed by atoms with Gasteiger partial charge in [-0.25, -0.2) is 0 Å². The van der Waals surface area contributed by atoms with Gasteiger partial charge in [-0.05, 0) is 163 Å². The molecule has 4 heteroatoms. The first-order chi connectivity index (χ1) is 31.2. The van der Waals surface area contributed by atoms with Crippen molar-refractivity contribution in [3.8, 4) is 11.4 Å². The average molecular weight is 827 g/mol. The Kier molecular flexibility index (Phi) is 9.47. The SMILES string of the molecule is Cc1ccc(N(c2ccc(C)cc2)c2ccc3c(c2)c2cc4c(cc2n3-c2ccc(C)cc2)c2cc(N(c3ccc(C)cc3)c3ccc(C)cc3)ccc2n4-c2ccc(C)cc2)cc1. The van der Waals surface area contributed by atoms with Gasteiger partial charge in [-0.2, -0.15) is 0 Å². The van der Waals surface area contributed by atoms with E-state index >= 15 is 0 Å². The van der Waals surface area contributed by atoms with Crippen LogP contribution in [0.4, 0.5) is 34.1 Å². The van der Waals surface area contributed by atoms with Gasteiger partial charge in [0, 0.05) is 67.0 Å². The lowest BCUT2D eigenvalue weighted by atomic mass is 10.1. The van der Waals surface area contributed by atoms with Gasteiger partial charge in [0.15, 0.2) is 0 Å². The van der Waals surface area contributed by atoms with Gasteiger partial charge in [-0.3, -0.25) is 0 Å². The van der Waals surface area contributed by atoms with E-state index in [9.17, 15) is 0 Å². The highest BCUT2D eigenvalue weighted by atomic mass is 15.1. The van der Waals surface area contributed by atoms with E-state index in [0.29, 0.717) is 0 Å². The molecule has 0 radical (unpaired) electrons. The highest BCUT2D eigenvalue weighted by Crippen LogP contribution is 2.45. The number of rotatable bonds is 8. The summed E-state index contributed by atoms with van der Waals surface area (Å²) < 4.78 is 4.92. The number of anilines is 6. The summed E-state index contributed by atoms with van der Waals surface area (Å²) in [7, 11) is 0. The number of fused-ring (bicyclic) bond motifs is 6. The van der Waals surface area contributed by atoms with Crippen molar-refractivity contribution in [2.75, 3.05) is 9.80 Å². The van der Waals surface area contributed by atoms with Crippen LogP contribution >= 0.6 is 0 Å². The highest BCUT2D eigenvalue weighted by molar-refractivity contribution is 6.20. The van der Waals surface area contributed by atoms with E-state index in [1.807, 2.05) is 0 Å². The number of benzene rings is 9.